The number of pyridine rings is 1. The van der Waals surface area contributed by atoms with Gasteiger partial charge in [0.15, 0.2) is 6.20 Å². The highest BCUT2D eigenvalue weighted by atomic mass is 14.9. The molecule has 0 spiro atoms. The van der Waals surface area contributed by atoms with Gasteiger partial charge in [-0.05, 0) is 38.3 Å². The fourth-order valence-corrected chi connectivity index (χ4v) is 1.88. The SMILES string of the molecule is [2H]C([2H])([2H])c1ccc(-c2c(C([2H])([2H])[2H])ccc[n+]2C)c(C)c1. The maximum atomic E-state index is 7.70. The van der Waals surface area contributed by atoms with Crippen LogP contribution in [0.25, 0.3) is 11.3 Å². The second-order valence-corrected chi connectivity index (χ2v) is 3.91. The summed E-state index contributed by atoms with van der Waals surface area (Å²) in [6.45, 7) is -2.61. The lowest BCUT2D eigenvalue weighted by atomic mass is 9.99. The van der Waals surface area contributed by atoms with E-state index in [1.54, 1.807) is 49.0 Å². The van der Waals surface area contributed by atoms with Gasteiger partial charge in [-0.1, -0.05) is 17.7 Å². The fraction of sp³-hybridized carbons (Fsp3) is 0.267. The lowest BCUT2D eigenvalue weighted by molar-refractivity contribution is -0.660. The van der Waals surface area contributed by atoms with Gasteiger partial charge >= 0.3 is 0 Å². The minimum atomic E-state index is -2.23. The molecule has 1 heterocycles. The van der Waals surface area contributed by atoms with Crippen molar-refractivity contribution in [3.8, 4) is 11.3 Å². The van der Waals surface area contributed by atoms with E-state index in [1.807, 2.05) is 0 Å². The van der Waals surface area contributed by atoms with Crippen molar-refractivity contribution in [2.24, 2.45) is 7.05 Å². The molecule has 1 aromatic carbocycles. The Kier molecular flexibility index (Phi) is 1.44. The molecule has 0 aliphatic heterocycles. The molecular formula is C15H18N+. The smallest absolute Gasteiger partial charge is 0.201 e. The molecule has 1 aromatic heterocycles. The standard InChI is InChI=1S/C15H18N/c1-11-7-8-14(13(3)10-11)15-12(2)6-5-9-16(15)4/h5-10H,1-4H3/q+1/i1D3,2D3. The summed E-state index contributed by atoms with van der Waals surface area (Å²) in [6, 6.07) is 8.09. The molecule has 16 heavy (non-hydrogen) atoms. The van der Waals surface area contributed by atoms with E-state index >= 15 is 0 Å². The summed E-state index contributed by atoms with van der Waals surface area (Å²) in [5.74, 6) is 0. The van der Waals surface area contributed by atoms with E-state index < -0.39 is 13.7 Å². The van der Waals surface area contributed by atoms with Gasteiger partial charge in [-0.3, -0.25) is 0 Å². The van der Waals surface area contributed by atoms with Crippen LogP contribution in [0.5, 0.6) is 0 Å². The molecule has 0 radical (unpaired) electrons. The zero-order valence-electron chi connectivity index (χ0n) is 15.4. The van der Waals surface area contributed by atoms with E-state index in [9.17, 15) is 0 Å². The molecule has 0 unspecified atom stereocenters. The first-order valence-electron chi connectivity index (χ1n) is 8.12. The minimum Gasteiger partial charge on any atom is -0.201 e. The van der Waals surface area contributed by atoms with Gasteiger partial charge in [0.25, 0.3) is 0 Å². The Bertz CT molecular complexity index is 700. The van der Waals surface area contributed by atoms with Gasteiger partial charge in [0.1, 0.15) is 7.05 Å². The quantitative estimate of drug-likeness (QED) is 0.648. The van der Waals surface area contributed by atoms with Gasteiger partial charge < -0.3 is 0 Å². The highest BCUT2D eigenvalue weighted by Crippen LogP contribution is 2.23. The summed E-state index contributed by atoms with van der Waals surface area (Å²) in [5, 5.41) is 0. The van der Waals surface area contributed by atoms with Crippen LogP contribution in [-0.4, -0.2) is 0 Å². The van der Waals surface area contributed by atoms with Crippen molar-refractivity contribution >= 4 is 0 Å². The molecule has 0 atom stereocenters. The first kappa shape index (κ1) is 5.62. The van der Waals surface area contributed by atoms with Crippen LogP contribution in [0.15, 0.2) is 36.5 Å². The average Bonchev–Trinajstić information content (AvgIpc) is 2.36. The summed E-state index contributed by atoms with van der Waals surface area (Å²) in [7, 11) is 1.78. The van der Waals surface area contributed by atoms with E-state index in [0.29, 0.717) is 5.69 Å². The normalized spacial score (nSPS) is 17.6. The second kappa shape index (κ2) is 4.09. The van der Waals surface area contributed by atoms with Crippen molar-refractivity contribution in [2.45, 2.75) is 20.6 Å². The summed E-state index contributed by atoms with van der Waals surface area (Å²) in [6.07, 6.45) is 1.78. The lowest BCUT2D eigenvalue weighted by Gasteiger charge is -2.07. The highest BCUT2D eigenvalue weighted by Gasteiger charge is 2.14. The number of nitrogens with zero attached hydrogens (tertiary/aromatic N) is 1. The van der Waals surface area contributed by atoms with Crippen LogP contribution >= 0.6 is 0 Å². The summed E-state index contributed by atoms with van der Waals surface area (Å²) in [5.41, 5.74) is 2.55. The summed E-state index contributed by atoms with van der Waals surface area (Å²) < 4.78 is 47.3. The Morgan fingerprint density at radius 1 is 1.12 bits per heavy atom. The van der Waals surface area contributed by atoms with E-state index in [-0.39, 0.29) is 11.1 Å². The fourth-order valence-electron chi connectivity index (χ4n) is 1.88. The number of hydrogen-bond donors (Lipinski definition) is 0. The van der Waals surface area contributed by atoms with Crippen molar-refractivity contribution in [3.05, 3.63) is 53.2 Å². The van der Waals surface area contributed by atoms with Gasteiger partial charge in [-0.15, -0.1) is 0 Å². The first-order chi connectivity index (χ1) is 10.0. The highest BCUT2D eigenvalue weighted by molar-refractivity contribution is 5.64. The van der Waals surface area contributed by atoms with E-state index in [0.717, 1.165) is 11.1 Å². The third-order valence-corrected chi connectivity index (χ3v) is 2.66. The van der Waals surface area contributed by atoms with Crippen LogP contribution < -0.4 is 4.57 Å². The zero-order chi connectivity index (χ0) is 16.7. The number of aryl methyl sites for hydroxylation is 4. The third kappa shape index (κ3) is 1.85. The summed E-state index contributed by atoms with van der Waals surface area (Å²) >= 11 is 0. The van der Waals surface area contributed by atoms with Crippen molar-refractivity contribution in [3.63, 3.8) is 0 Å². The van der Waals surface area contributed by atoms with Crippen LogP contribution in [0, 0.1) is 20.6 Å². The van der Waals surface area contributed by atoms with Crippen LogP contribution in [-0.2, 0) is 7.05 Å². The molecule has 0 saturated carbocycles. The molecule has 0 aliphatic rings. The average molecular weight is 218 g/mol. The number of rotatable bonds is 1. The van der Waals surface area contributed by atoms with Crippen LogP contribution in [0.1, 0.15) is 24.9 Å². The van der Waals surface area contributed by atoms with E-state index in [2.05, 4.69) is 0 Å². The predicted molar refractivity (Wildman–Crippen MR) is 67.3 cm³/mol. The van der Waals surface area contributed by atoms with Crippen LogP contribution in [0.3, 0.4) is 0 Å². The maximum absolute atomic E-state index is 7.70. The lowest BCUT2D eigenvalue weighted by Crippen LogP contribution is -2.31. The number of benzene rings is 1. The van der Waals surface area contributed by atoms with E-state index in [1.165, 1.54) is 6.07 Å². The molecule has 0 bridgehead atoms. The Labute approximate surface area is 106 Å². The maximum Gasteiger partial charge on any atom is 0.215 e. The van der Waals surface area contributed by atoms with Gasteiger partial charge in [0.2, 0.25) is 5.69 Å². The number of aromatic nitrogens is 1. The predicted octanol–water partition coefficient (Wildman–Crippen LogP) is 3.10. The molecule has 2 rings (SSSR count). The Balaban J connectivity index is 2.68. The van der Waals surface area contributed by atoms with Crippen LogP contribution in [0.2, 0.25) is 0 Å². The van der Waals surface area contributed by atoms with Gasteiger partial charge in [0.05, 0.1) is 0 Å². The third-order valence-electron chi connectivity index (χ3n) is 2.66. The van der Waals surface area contributed by atoms with E-state index in [4.69, 9.17) is 8.22 Å². The number of hydrogen-bond acceptors (Lipinski definition) is 0. The monoisotopic (exact) mass is 218 g/mol. The zero-order valence-corrected chi connectivity index (χ0v) is 9.41. The molecule has 0 fully saturated rings. The van der Waals surface area contributed by atoms with Crippen LogP contribution in [0.4, 0.5) is 0 Å². The molecule has 0 aliphatic carbocycles. The Morgan fingerprint density at radius 2 is 2.00 bits per heavy atom. The molecule has 2 aromatic rings. The minimum absolute atomic E-state index is 0.252. The summed E-state index contributed by atoms with van der Waals surface area (Å²) in [4.78, 5) is 0. The Hall–Kier alpha value is -1.63. The Morgan fingerprint density at radius 3 is 2.69 bits per heavy atom. The van der Waals surface area contributed by atoms with Crippen molar-refractivity contribution < 1.29 is 12.8 Å². The molecule has 82 valence electrons. The molecule has 1 nitrogen and oxygen atoms in total. The van der Waals surface area contributed by atoms with Gasteiger partial charge in [-0.2, -0.15) is 0 Å². The molecular weight excluding hydrogens is 194 g/mol. The molecule has 1 heteroatoms. The molecule has 0 N–H and O–H groups in total. The second-order valence-electron chi connectivity index (χ2n) is 3.91. The van der Waals surface area contributed by atoms with Crippen molar-refractivity contribution in [1.29, 1.82) is 0 Å². The topological polar surface area (TPSA) is 3.88 Å². The van der Waals surface area contributed by atoms with Crippen molar-refractivity contribution in [2.75, 3.05) is 0 Å². The largest absolute Gasteiger partial charge is 0.215 e. The first-order valence-corrected chi connectivity index (χ1v) is 5.12. The molecule has 0 amide bonds. The van der Waals surface area contributed by atoms with Gasteiger partial charge in [0, 0.05) is 25.4 Å². The van der Waals surface area contributed by atoms with Crippen molar-refractivity contribution in [1.82, 2.24) is 0 Å². The molecule has 0 saturated heterocycles. The van der Waals surface area contributed by atoms with Gasteiger partial charge in [-0.25, -0.2) is 4.57 Å².